The van der Waals surface area contributed by atoms with Crippen molar-refractivity contribution >= 4 is 39.3 Å². The van der Waals surface area contributed by atoms with Gasteiger partial charge in [0.05, 0.1) is 22.1 Å². The molecule has 5 rings (SSSR count). The molecular formula is C28H26N6O3. The number of benzene rings is 3. The summed E-state index contributed by atoms with van der Waals surface area (Å²) in [5, 5.41) is 11.4. The molecule has 0 unspecified atom stereocenters. The lowest BCUT2D eigenvalue weighted by Gasteiger charge is -2.09. The normalized spacial score (nSPS) is 11.1. The predicted octanol–water partition coefficient (Wildman–Crippen LogP) is 3.20. The smallest absolute Gasteiger partial charge is 0.275 e. The van der Waals surface area contributed by atoms with E-state index in [0.717, 1.165) is 22.2 Å². The molecule has 0 saturated heterocycles. The second kappa shape index (κ2) is 10.1. The Morgan fingerprint density at radius 1 is 0.946 bits per heavy atom. The summed E-state index contributed by atoms with van der Waals surface area (Å²) in [6, 6.07) is 21.8. The number of carbonyl (C=O) groups excluding carboxylic acids is 2. The third kappa shape index (κ3) is 4.97. The first-order valence-electron chi connectivity index (χ1n) is 12.0. The molecule has 2 heterocycles. The monoisotopic (exact) mass is 494 g/mol. The first-order chi connectivity index (χ1) is 17.9. The van der Waals surface area contributed by atoms with Crippen LogP contribution in [-0.2, 0) is 24.8 Å². The highest BCUT2D eigenvalue weighted by Gasteiger charge is 2.13. The van der Waals surface area contributed by atoms with Crippen LogP contribution < -0.4 is 16.2 Å². The SMILES string of the molecule is Cc1nn(CC(=O)Nc2ccc3c(c2)nc(CCNC(=O)c2ccccc2)n3C)c(=O)c2ccccc12. The molecule has 0 radical (unpaired) electrons. The fraction of sp³-hybridized carbons (Fsp3) is 0.179. The average molecular weight is 495 g/mol. The molecule has 186 valence electrons. The summed E-state index contributed by atoms with van der Waals surface area (Å²) in [6.07, 6.45) is 0.557. The quantitative estimate of drug-likeness (QED) is 0.361. The number of nitrogens with zero attached hydrogens (tertiary/aromatic N) is 4. The maximum atomic E-state index is 12.8. The number of aromatic nitrogens is 4. The van der Waals surface area contributed by atoms with Gasteiger partial charge in [0.15, 0.2) is 0 Å². The van der Waals surface area contributed by atoms with Gasteiger partial charge in [-0.15, -0.1) is 0 Å². The van der Waals surface area contributed by atoms with Crippen molar-refractivity contribution in [3.05, 3.63) is 100 Å². The zero-order valence-corrected chi connectivity index (χ0v) is 20.6. The second-order valence-electron chi connectivity index (χ2n) is 8.80. The lowest BCUT2D eigenvalue weighted by Crippen LogP contribution is -2.30. The average Bonchev–Trinajstić information content (AvgIpc) is 3.22. The molecule has 0 aliphatic rings. The Morgan fingerprint density at radius 2 is 1.68 bits per heavy atom. The minimum atomic E-state index is -0.358. The highest BCUT2D eigenvalue weighted by atomic mass is 16.2. The number of imidazole rings is 1. The van der Waals surface area contributed by atoms with Crippen molar-refractivity contribution in [2.75, 3.05) is 11.9 Å². The van der Waals surface area contributed by atoms with Crippen molar-refractivity contribution < 1.29 is 9.59 Å². The highest BCUT2D eigenvalue weighted by molar-refractivity contribution is 5.94. The van der Waals surface area contributed by atoms with Gasteiger partial charge in [-0.25, -0.2) is 9.67 Å². The topological polar surface area (TPSA) is 111 Å². The largest absolute Gasteiger partial charge is 0.352 e. The molecule has 0 aliphatic carbocycles. The lowest BCUT2D eigenvalue weighted by molar-refractivity contribution is -0.117. The molecule has 3 aromatic carbocycles. The molecule has 2 aromatic heterocycles. The van der Waals surface area contributed by atoms with Crippen molar-refractivity contribution in [1.82, 2.24) is 24.6 Å². The van der Waals surface area contributed by atoms with Gasteiger partial charge >= 0.3 is 0 Å². The summed E-state index contributed by atoms with van der Waals surface area (Å²) in [6.45, 7) is 2.06. The summed E-state index contributed by atoms with van der Waals surface area (Å²) in [7, 11) is 1.92. The van der Waals surface area contributed by atoms with E-state index in [1.807, 2.05) is 54.9 Å². The van der Waals surface area contributed by atoms with Crippen LogP contribution in [0.4, 0.5) is 5.69 Å². The van der Waals surface area contributed by atoms with Gasteiger partial charge < -0.3 is 15.2 Å². The fourth-order valence-electron chi connectivity index (χ4n) is 4.38. The van der Waals surface area contributed by atoms with Crippen LogP contribution >= 0.6 is 0 Å². The lowest BCUT2D eigenvalue weighted by atomic mass is 10.1. The van der Waals surface area contributed by atoms with Crippen LogP contribution in [0, 0.1) is 6.92 Å². The molecule has 0 bridgehead atoms. The molecular weight excluding hydrogens is 468 g/mol. The summed E-state index contributed by atoms with van der Waals surface area (Å²) >= 11 is 0. The summed E-state index contributed by atoms with van der Waals surface area (Å²) < 4.78 is 3.16. The van der Waals surface area contributed by atoms with E-state index >= 15 is 0 Å². The van der Waals surface area contributed by atoms with E-state index in [-0.39, 0.29) is 23.9 Å². The summed E-state index contributed by atoms with van der Waals surface area (Å²) in [5.74, 6) is 0.331. The molecule has 9 heteroatoms. The van der Waals surface area contributed by atoms with Gasteiger partial charge in [-0.05, 0) is 43.3 Å². The van der Waals surface area contributed by atoms with Crippen molar-refractivity contribution in [1.29, 1.82) is 0 Å². The van der Waals surface area contributed by atoms with Gasteiger partial charge in [0.2, 0.25) is 5.91 Å². The van der Waals surface area contributed by atoms with E-state index in [0.29, 0.717) is 35.3 Å². The van der Waals surface area contributed by atoms with Crippen molar-refractivity contribution in [3.63, 3.8) is 0 Å². The maximum Gasteiger partial charge on any atom is 0.275 e. The standard InChI is InChI=1S/C28H26N6O3/c1-18-21-10-6-7-11-22(21)28(37)34(32-18)17-26(35)30-20-12-13-24-23(16-20)31-25(33(24)2)14-15-29-27(36)19-8-4-3-5-9-19/h3-13,16H,14-15,17H2,1-2H3,(H,29,36)(H,30,35). The van der Waals surface area contributed by atoms with Crippen LogP contribution in [0.2, 0.25) is 0 Å². The molecule has 0 spiro atoms. The van der Waals surface area contributed by atoms with Gasteiger partial charge in [0.25, 0.3) is 11.5 Å². The Labute approximate surface area is 212 Å². The predicted molar refractivity (Wildman–Crippen MR) is 143 cm³/mol. The van der Waals surface area contributed by atoms with Gasteiger partial charge in [-0.3, -0.25) is 14.4 Å². The van der Waals surface area contributed by atoms with Crippen molar-refractivity contribution in [2.45, 2.75) is 19.9 Å². The first kappa shape index (κ1) is 23.9. The molecule has 37 heavy (non-hydrogen) atoms. The van der Waals surface area contributed by atoms with Crippen LogP contribution in [-0.4, -0.2) is 37.7 Å². The number of hydrogen-bond donors (Lipinski definition) is 2. The van der Waals surface area contributed by atoms with Gasteiger partial charge in [-0.1, -0.05) is 36.4 Å². The van der Waals surface area contributed by atoms with Crippen LogP contribution in [0.1, 0.15) is 21.9 Å². The molecule has 2 amide bonds. The molecule has 5 aromatic rings. The molecule has 0 saturated carbocycles. The molecule has 0 aliphatic heterocycles. The summed E-state index contributed by atoms with van der Waals surface area (Å²) in [5.41, 5.74) is 3.20. The Balaban J connectivity index is 1.26. The van der Waals surface area contributed by atoms with Crippen LogP contribution in [0.5, 0.6) is 0 Å². The fourth-order valence-corrected chi connectivity index (χ4v) is 4.38. The molecule has 0 fully saturated rings. The van der Waals surface area contributed by atoms with Crippen molar-refractivity contribution in [2.24, 2.45) is 7.05 Å². The van der Waals surface area contributed by atoms with E-state index in [9.17, 15) is 14.4 Å². The number of carbonyl (C=O) groups is 2. The number of hydrogen-bond acceptors (Lipinski definition) is 5. The minimum Gasteiger partial charge on any atom is -0.352 e. The zero-order valence-electron chi connectivity index (χ0n) is 20.6. The van der Waals surface area contributed by atoms with Crippen LogP contribution in [0.25, 0.3) is 21.8 Å². The maximum absolute atomic E-state index is 12.8. The Kier molecular flexibility index (Phi) is 6.51. The summed E-state index contributed by atoms with van der Waals surface area (Å²) in [4.78, 5) is 42.5. The number of aryl methyl sites for hydroxylation is 2. The number of fused-ring (bicyclic) bond motifs is 2. The van der Waals surface area contributed by atoms with Gasteiger partial charge in [-0.2, -0.15) is 5.10 Å². The molecule has 2 N–H and O–H groups in total. The van der Waals surface area contributed by atoms with Crippen molar-refractivity contribution in [3.8, 4) is 0 Å². The zero-order chi connectivity index (χ0) is 25.9. The molecule has 9 nitrogen and oxygen atoms in total. The van der Waals surface area contributed by atoms with E-state index in [2.05, 4.69) is 20.7 Å². The van der Waals surface area contributed by atoms with E-state index < -0.39 is 0 Å². The second-order valence-corrected chi connectivity index (χ2v) is 8.80. The third-order valence-corrected chi connectivity index (χ3v) is 6.27. The Hall–Kier alpha value is -4.79. The van der Waals surface area contributed by atoms with Crippen LogP contribution in [0.3, 0.4) is 0 Å². The Bertz CT molecular complexity index is 1690. The van der Waals surface area contributed by atoms with E-state index in [1.54, 1.807) is 36.4 Å². The van der Waals surface area contributed by atoms with E-state index in [4.69, 9.17) is 0 Å². The van der Waals surface area contributed by atoms with Crippen LogP contribution in [0.15, 0.2) is 77.6 Å². The minimum absolute atomic E-state index is 0.125. The highest BCUT2D eigenvalue weighted by Crippen LogP contribution is 2.20. The molecule has 0 atom stereocenters. The first-order valence-corrected chi connectivity index (χ1v) is 12.0. The third-order valence-electron chi connectivity index (χ3n) is 6.27. The Morgan fingerprint density at radius 3 is 2.46 bits per heavy atom. The number of rotatable bonds is 7. The number of amides is 2. The van der Waals surface area contributed by atoms with Gasteiger partial charge in [0.1, 0.15) is 12.4 Å². The number of nitrogens with one attached hydrogen (secondary N) is 2. The number of anilines is 1. The van der Waals surface area contributed by atoms with Gasteiger partial charge in [0, 0.05) is 36.7 Å². The van der Waals surface area contributed by atoms with E-state index in [1.165, 1.54) is 4.68 Å².